The fourth-order valence-electron chi connectivity index (χ4n) is 3.62. The van der Waals surface area contributed by atoms with E-state index in [-0.39, 0.29) is 43.6 Å². The van der Waals surface area contributed by atoms with Crippen LogP contribution in [0.2, 0.25) is 0 Å². The van der Waals surface area contributed by atoms with Crippen LogP contribution < -0.4 is 11.5 Å². The molecule has 0 aliphatic heterocycles. The monoisotopic (exact) mass is 640 g/mol. The zero-order chi connectivity index (χ0) is 30.5. The summed E-state index contributed by atoms with van der Waals surface area (Å²) in [6.07, 6.45) is -1.07. The fourth-order valence-corrected chi connectivity index (χ4v) is 3.62. The van der Waals surface area contributed by atoms with Gasteiger partial charge in [-0.15, -0.1) is 24.8 Å². The number of ether oxygens (including phenoxy) is 3. The van der Waals surface area contributed by atoms with Gasteiger partial charge in [0.1, 0.15) is 0 Å². The van der Waals surface area contributed by atoms with E-state index >= 15 is 0 Å². The van der Waals surface area contributed by atoms with Gasteiger partial charge in [-0.05, 0) is 53.6 Å². The van der Waals surface area contributed by atoms with Crippen LogP contribution >= 0.6 is 24.8 Å². The molecule has 3 aromatic rings. The summed E-state index contributed by atoms with van der Waals surface area (Å²) in [5.41, 5.74) is 15.6. The lowest BCUT2D eigenvalue weighted by atomic mass is 10.1. The maximum atomic E-state index is 12.3. The molecule has 12 heteroatoms. The molecule has 0 aliphatic carbocycles. The molecule has 0 unspecified atom stereocenters. The summed E-state index contributed by atoms with van der Waals surface area (Å²) in [5.74, 6) is 10.7. The van der Waals surface area contributed by atoms with Gasteiger partial charge in [-0.3, -0.25) is 0 Å². The molecule has 0 heterocycles. The maximum Gasteiger partial charge on any atom is 0.410 e. The van der Waals surface area contributed by atoms with E-state index in [1.807, 2.05) is 24.3 Å². The van der Waals surface area contributed by atoms with E-state index in [1.54, 1.807) is 56.6 Å². The summed E-state index contributed by atoms with van der Waals surface area (Å²) in [4.78, 5) is 39.6. The van der Waals surface area contributed by atoms with Crippen molar-refractivity contribution in [3.63, 3.8) is 0 Å². The second-order valence-corrected chi connectivity index (χ2v) is 9.20. The molecule has 0 bridgehead atoms. The molecule has 3 aromatic carbocycles. The van der Waals surface area contributed by atoms with Gasteiger partial charge in [0.05, 0.1) is 12.7 Å². The second-order valence-electron chi connectivity index (χ2n) is 9.20. The number of hydrogen-bond acceptors (Lipinski definition) is 8. The third kappa shape index (κ3) is 12.1. The zero-order valence-corrected chi connectivity index (χ0v) is 26.1. The molecule has 0 aliphatic rings. The van der Waals surface area contributed by atoms with Crippen LogP contribution in [0, 0.1) is 23.7 Å². The quantitative estimate of drug-likeness (QED) is 0.164. The molecule has 232 valence electrons. The molecule has 2 amide bonds. The molecule has 0 aromatic heterocycles. The van der Waals surface area contributed by atoms with Gasteiger partial charge < -0.3 is 35.5 Å². The average Bonchev–Trinajstić information content (AvgIpc) is 2.99. The molecule has 0 saturated carbocycles. The Morgan fingerprint density at radius 3 is 1.43 bits per heavy atom. The highest BCUT2D eigenvalue weighted by Crippen LogP contribution is 2.12. The molecule has 4 N–H and O–H groups in total. The van der Waals surface area contributed by atoms with Crippen molar-refractivity contribution in [3.8, 4) is 23.7 Å². The summed E-state index contributed by atoms with van der Waals surface area (Å²) >= 11 is 0. The standard InChI is InChI=1S/C32H32N4O6.2ClH/c1-35(21-23-8-12-28(33)13-9-23)31(38)41-16-4-6-25-18-26(20-27(19-25)30(37)40-3)7-5-17-42-32(39)36(2)22-24-10-14-29(34)15-11-24;;/h8-15,18-20H,16-17,21-22,33-34H2,1-3H3;2*1H. The van der Waals surface area contributed by atoms with Gasteiger partial charge in [0.25, 0.3) is 0 Å². The molecule has 10 nitrogen and oxygen atoms in total. The summed E-state index contributed by atoms with van der Waals surface area (Å²) < 4.78 is 15.3. The summed E-state index contributed by atoms with van der Waals surface area (Å²) in [6.45, 7) is 0.385. The van der Waals surface area contributed by atoms with E-state index in [2.05, 4.69) is 23.7 Å². The van der Waals surface area contributed by atoms with Crippen molar-refractivity contribution in [2.24, 2.45) is 0 Å². The molecular weight excluding hydrogens is 607 g/mol. The van der Waals surface area contributed by atoms with Crippen LogP contribution in [-0.4, -0.2) is 62.4 Å². The Kier molecular flexibility index (Phi) is 15.6. The highest BCUT2D eigenvalue weighted by molar-refractivity contribution is 5.90. The van der Waals surface area contributed by atoms with E-state index in [1.165, 1.54) is 16.9 Å². The lowest BCUT2D eigenvalue weighted by Gasteiger charge is -2.16. The van der Waals surface area contributed by atoms with Crippen LogP contribution in [0.4, 0.5) is 21.0 Å². The van der Waals surface area contributed by atoms with Gasteiger partial charge in [0.15, 0.2) is 13.2 Å². The number of nitrogens with zero attached hydrogens (tertiary/aromatic N) is 2. The van der Waals surface area contributed by atoms with E-state index in [0.29, 0.717) is 35.6 Å². The van der Waals surface area contributed by atoms with Gasteiger partial charge in [0.2, 0.25) is 0 Å². The highest BCUT2D eigenvalue weighted by atomic mass is 35.5. The lowest BCUT2D eigenvalue weighted by molar-refractivity contribution is 0.0600. The van der Waals surface area contributed by atoms with Crippen molar-refractivity contribution in [1.29, 1.82) is 0 Å². The Bertz CT molecular complexity index is 1440. The maximum absolute atomic E-state index is 12.3. The molecule has 44 heavy (non-hydrogen) atoms. The smallest absolute Gasteiger partial charge is 0.410 e. The largest absolute Gasteiger partial charge is 0.465 e. The minimum absolute atomic E-state index is 0. The molecule has 0 atom stereocenters. The first-order chi connectivity index (χ1) is 20.1. The summed E-state index contributed by atoms with van der Waals surface area (Å²) in [7, 11) is 4.50. The third-order valence-electron chi connectivity index (χ3n) is 5.78. The number of carbonyl (C=O) groups excluding carboxylic acids is 3. The minimum Gasteiger partial charge on any atom is -0.465 e. The number of amides is 2. The van der Waals surface area contributed by atoms with Crippen LogP contribution in [0.1, 0.15) is 32.6 Å². The van der Waals surface area contributed by atoms with Crippen LogP contribution in [-0.2, 0) is 27.3 Å². The molecule has 0 radical (unpaired) electrons. The van der Waals surface area contributed by atoms with E-state index < -0.39 is 18.2 Å². The van der Waals surface area contributed by atoms with Crippen molar-refractivity contribution in [1.82, 2.24) is 9.80 Å². The predicted molar refractivity (Wildman–Crippen MR) is 173 cm³/mol. The van der Waals surface area contributed by atoms with Gasteiger partial charge >= 0.3 is 18.2 Å². The summed E-state index contributed by atoms with van der Waals surface area (Å²) in [5, 5.41) is 0. The normalized spacial score (nSPS) is 9.34. The van der Waals surface area contributed by atoms with E-state index in [9.17, 15) is 14.4 Å². The SMILES string of the molecule is COC(=O)c1cc(C#CCOC(=O)N(C)Cc2ccc(N)cc2)cc(C#CCOC(=O)N(C)Cc2ccc(N)cc2)c1.Cl.Cl. The molecule has 0 spiro atoms. The first kappa shape index (κ1) is 37.0. The molecular formula is C32H34Cl2N4O6. The Labute approximate surface area is 269 Å². The number of carbonyl (C=O) groups is 3. The number of anilines is 2. The number of rotatable bonds is 7. The first-order valence-electron chi connectivity index (χ1n) is 12.8. The number of halogens is 2. The number of nitrogens with two attached hydrogens (primary N) is 2. The van der Waals surface area contributed by atoms with E-state index in [0.717, 1.165) is 11.1 Å². The highest BCUT2D eigenvalue weighted by Gasteiger charge is 2.11. The number of methoxy groups -OCH3 is 1. The Morgan fingerprint density at radius 1 is 0.682 bits per heavy atom. The molecule has 0 saturated heterocycles. The summed E-state index contributed by atoms with van der Waals surface area (Å²) in [6, 6.07) is 19.1. The number of esters is 1. The van der Waals surface area contributed by atoms with Gasteiger partial charge in [-0.2, -0.15) is 0 Å². The Balaban J connectivity index is 0.00000484. The van der Waals surface area contributed by atoms with Crippen LogP contribution in [0.15, 0.2) is 66.7 Å². The van der Waals surface area contributed by atoms with Crippen LogP contribution in [0.5, 0.6) is 0 Å². The van der Waals surface area contributed by atoms with Crippen molar-refractivity contribution in [2.45, 2.75) is 13.1 Å². The van der Waals surface area contributed by atoms with Crippen LogP contribution in [0.25, 0.3) is 0 Å². The minimum atomic E-state index is -0.562. The third-order valence-corrected chi connectivity index (χ3v) is 5.78. The van der Waals surface area contributed by atoms with Gasteiger partial charge in [-0.1, -0.05) is 47.9 Å². The van der Waals surface area contributed by atoms with Gasteiger partial charge in [-0.25, -0.2) is 14.4 Å². The Morgan fingerprint density at radius 2 is 1.07 bits per heavy atom. The number of benzene rings is 3. The molecule has 0 fully saturated rings. The fraction of sp³-hybridized carbons (Fsp3) is 0.219. The topological polar surface area (TPSA) is 137 Å². The lowest BCUT2D eigenvalue weighted by Crippen LogP contribution is -2.27. The van der Waals surface area contributed by atoms with Crippen molar-refractivity contribution < 1.29 is 28.6 Å². The Hall–Kier alpha value is -5.03. The van der Waals surface area contributed by atoms with Crippen LogP contribution in [0.3, 0.4) is 0 Å². The van der Waals surface area contributed by atoms with Crippen molar-refractivity contribution in [2.75, 3.05) is 45.9 Å². The average molecular weight is 642 g/mol. The number of nitrogen functional groups attached to an aromatic ring is 2. The zero-order valence-electron chi connectivity index (χ0n) is 24.5. The van der Waals surface area contributed by atoms with Gasteiger partial charge in [0, 0.05) is 49.7 Å². The number of hydrogen-bond donors (Lipinski definition) is 2. The second kappa shape index (κ2) is 18.5. The van der Waals surface area contributed by atoms with Crippen molar-refractivity contribution in [3.05, 3.63) is 94.5 Å². The van der Waals surface area contributed by atoms with E-state index in [4.69, 9.17) is 25.7 Å². The first-order valence-corrected chi connectivity index (χ1v) is 12.8. The predicted octanol–water partition coefficient (Wildman–Crippen LogP) is 4.72. The van der Waals surface area contributed by atoms with Crippen molar-refractivity contribution >= 4 is 54.3 Å². The molecule has 3 rings (SSSR count).